The number of ether oxygens (including phenoxy) is 3. The Balaban J connectivity index is 0.000000152. The van der Waals surface area contributed by atoms with Crippen molar-refractivity contribution in [3.05, 3.63) is 37.2 Å². The largest absolute Gasteiger partial charge is 0.390 e. The zero-order valence-corrected chi connectivity index (χ0v) is 59.8. The molecule has 0 aliphatic heterocycles. The molecule has 12 aliphatic rings. The zero-order chi connectivity index (χ0) is 66.9. The van der Waals surface area contributed by atoms with E-state index in [4.69, 9.17) is 37.4 Å². The first-order valence-electron chi connectivity index (χ1n) is 36.6. The number of methoxy groups -OCH3 is 3. The molecule has 12 fully saturated rings. The van der Waals surface area contributed by atoms with Crippen LogP contribution in [-0.2, 0) is 53.0 Å². The molecule has 15 rings (SSSR count). The maximum absolute atomic E-state index is 13.2. The summed E-state index contributed by atoms with van der Waals surface area (Å²) < 4.78 is 17.1. The van der Waals surface area contributed by atoms with Gasteiger partial charge >= 0.3 is 0 Å². The van der Waals surface area contributed by atoms with Crippen molar-refractivity contribution in [3.63, 3.8) is 0 Å². The van der Waals surface area contributed by atoms with E-state index in [-0.39, 0.29) is 94.9 Å². The molecule has 0 saturated heterocycles. The monoisotopic (exact) mass is 1370 g/mol. The smallest absolute Gasteiger partial charge is 0.161 e. The molecule has 12 saturated carbocycles. The summed E-state index contributed by atoms with van der Waals surface area (Å²) in [5, 5.41) is 46.6. The number of nitrogens with zero attached hydrogens (tertiary/aromatic N) is 9. The Labute approximate surface area is 584 Å². The van der Waals surface area contributed by atoms with Gasteiger partial charge in [-0.05, 0) is 258 Å². The minimum atomic E-state index is -0.722. The number of aliphatic hydroxyl groups excluding tert-OH is 1. The fourth-order valence-electron chi connectivity index (χ4n) is 25.9. The summed E-state index contributed by atoms with van der Waals surface area (Å²) in [6, 6.07) is 0. The molecule has 0 unspecified atom stereocenters. The number of Topliss-reactive ketones (excluding diaryl/α,β-unsaturated/α-hetero) is 4. The lowest BCUT2D eigenvalue weighted by molar-refractivity contribution is -0.198. The van der Waals surface area contributed by atoms with Crippen LogP contribution >= 0.6 is 23.2 Å². The minimum absolute atomic E-state index is 0. The Bertz CT molecular complexity index is 3100. The Morgan fingerprint density at radius 1 is 0.469 bits per heavy atom. The standard InChI is InChI=1S/C25H39N3O3.C24H37N3O3.C24H35N3O3.CH2Cl2.2CH4/c1-23-10-9-19-17(6-5-16-13-25(3,30)22(31-4)14-24(16,19)2)18(23)7-8-20(23)21(29)15-28-26-11-12-27-28;2*1-23-9-8-18-16(5-4-15-12-20(28)22(30-3)13-24(15,18)2)17(23)6-7-19(23)21(29)14-27-25-10-11-26-27;2-1-3;;/h11-12,16-20,22,30H,5-10,13-15H2,1-4H3;10-11,15-20,22,28H,4-9,12-14H2,1-3H3;10-11,15-19,22H,4-9,12-14H2,1-3H3;1H2;2*1H4/t16-,17-,18-,19-,20+,22-,23-,24-,25-;15-,16-,17-,18-,19+,20-,22-,23-,24-;15-,16-,17-,18-,19+,22-,23-,24-;;;/m000.../s1. The average Bonchev–Trinajstić information content (AvgIpc) is 1.32. The van der Waals surface area contributed by atoms with Crippen molar-refractivity contribution in [3.8, 4) is 0 Å². The Kier molecular flexibility index (Phi) is 23.1. The molecule has 26 atom stereocenters. The van der Waals surface area contributed by atoms with E-state index in [9.17, 15) is 29.4 Å². The van der Waals surface area contributed by atoms with E-state index in [1.165, 1.54) is 78.6 Å². The van der Waals surface area contributed by atoms with Crippen molar-refractivity contribution in [2.75, 3.05) is 26.7 Å². The van der Waals surface area contributed by atoms with Crippen LogP contribution in [0.4, 0.5) is 0 Å². The topological polar surface area (TPSA) is 229 Å². The van der Waals surface area contributed by atoms with Gasteiger partial charge < -0.3 is 24.4 Å². The number of carbonyl (C=O) groups is 4. The summed E-state index contributed by atoms with van der Waals surface area (Å²) in [7, 11) is 5.19. The highest BCUT2D eigenvalue weighted by Gasteiger charge is 2.66. The summed E-state index contributed by atoms with van der Waals surface area (Å²) in [6.45, 7) is 17.5. The molecule has 538 valence electrons. The predicted molar refractivity (Wildman–Crippen MR) is 371 cm³/mol. The van der Waals surface area contributed by atoms with E-state index in [1.807, 2.05) is 6.92 Å². The third-order valence-corrected chi connectivity index (χ3v) is 30.5. The molecule has 12 aliphatic carbocycles. The molecule has 0 radical (unpaired) electrons. The van der Waals surface area contributed by atoms with Crippen LogP contribution in [-0.4, -0.2) is 135 Å². The van der Waals surface area contributed by atoms with E-state index in [0.29, 0.717) is 120 Å². The SMILES string of the molecule is C.C.CO[C@H]1C[C@@]2(C)[C@@H](CC[C@@H]3[C@@H]2CC[C@]2(C)[C@@H](C(=O)Cn4nccn4)CC[C@@H]32)CC1=O.CO[C@H]1C[C@@]2(C)[C@@H](CC[C@@H]3[C@@H]2CC[C@]2(C)[C@@H](C(=O)Cn4nccn4)CC[C@@H]32)C[C@@H]1O.CO[C@H]1C[C@@]2(C)[C@@H](CC[C@@H]3[C@@H]2CC[C@]2(C)[C@@H](C(=O)Cn4nccn4)CC[C@@H]32)C[C@]1(C)O.ClCCl. The van der Waals surface area contributed by atoms with Crippen molar-refractivity contribution in [1.82, 2.24) is 45.0 Å². The molecule has 3 heterocycles. The Hall–Kier alpha value is -3.52. The van der Waals surface area contributed by atoms with Gasteiger partial charge in [-0.2, -0.15) is 45.0 Å². The van der Waals surface area contributed by atoms with Crippen LogP contribution in [0, 0.1) is 121 Å². The molecule has 0 spiro atoms. The van der Waals surface area contributed by atoms with Crippen molar-refractivity contribution in [2.45, 2.75) is 267 Å². The summed E-state index contributed by atoms with van der Waals surface area (Å²) in [5.74, 6) is 9.31. The molecular weight excluding hydrogens is 1250 g/mol. The van der Waals surface area contributed by atoms with Crippen LogP contribution in [0.2, 0.25) is 0 Å². The first kappa shape index (κ1) is 75.2. The minimum Gasteiger partial charge on any atom is -0.390 e. The molecule has 0 bridgehead atoms. The fourth-order valence-corrected chi connectivity index (χ4v) is 25.9. The summed E-state index contributed by atoms with van der Waals surface area (Å²) >= 11 is 9.53. The van der Waals surface area contributed by atoms with Crippen molar-refractivity contribution >= 4 is 46.3 Å². The van der Waals surface area contributed by atoms with Crippen molar-refractivity contribution in [2.24, 2.45) is 121 Å². The van der Waals surface area contributed by atoms with Crippen molar-refractivity contribution < 1.29 is 43.6 Å². The average molecular weight is 1380 g/mol. The summed E-state index contributed by atoms with van der Waals surface area (Å²) in [6.07, 6.45) is 35.3. The molecule has 96 heavy (non-hydrogen) atoms. The lowest BCUT2D eigenvalue weighted by atomic mass is 9.43. The first-order valence-corrected chi connectivity index (χ1v) is 37.6. The van der Waals surface area contributed by atoms with Gasteiger partial charge in [0.1, 0.15) is 25.7 Å². The Morgan fingerprint density at radius 2 is 0.823 bits per heavy atom. The number of aromatic nitrogens is 9. The van der Waals surface area contributed by atoms with Crippen LogP contribution in [0.3, 0.4) is 0 Å². The van der Waals surface area contributed by atoms with Crippen LogP contribution in [0.5, 0.6) is 0 Å². The second-order valence-electron chi connectivity index (χ2n) is 34.0. The molecule has 3 aromatic heterocycles. The number of fused-ring (bicyclic) bond motifs is 15. The molecule has 0 aromatic carbocycles. The van der Waals surface area contributed by atoms with Crippen LogP contribution in [0.25, 0.3) is 0 Å². The maximum Gasteiger partial charge on any atom is 0.161 e. The van der Waals surface area contributed by atoms with Crippen LogP contribution < -0.4 is 0 Å². The number of hydrogen-bond donors (Lipinski definition) is 2. The molecule has 0 amide bonds. The number of hydrogen-bond acceptors (Lipinski definition) is 15. The van der Waals surface area contributed by atoms with Gasteiger partial charge in [-0.15, -0.1) is 23.2 Å². The quantitative estimate of drug-likeness (QED) is 0.161. The van der Waals surface area contributed by atoms with Gasteiger partial charge in [-0.1, -0.05) is 56.4 Å². The highest BCUT2D eigenvalue weighted by molar-refractivity contribution is 6.40. The summed E-state index contributed by atoms with van der Waals surface area (Å²) in [5.41, 5.74) is 0.276. The molecular formula is C76H121Cl2N9O9. The van der Waals surface area contributed by atoms with Gasteiger partial charge in [-0.3, -0.25) is 19.2 Å². The first-order chi connectivity index (χ1) is 44.8. The number of rotatable bonds is 12. The molecule has 18 nitrogen and oxygen atoms in total. The number of alkyl halides is 2. The van der Waals surface area contributed by atoms with Gasteiger partial charge in [-0.25, -0.2) is 0 Å². The number of aliphatic hydroxyl groups is 2. The summed E-state index contributed by atoms with van der Waals surface area (Å²) in [4.78, 5) is 56.7. The van der Waals surface area contributed by atoms with Crippen molar-refractivity contribution in [1.29, 1.82) is 0 Å². The van der Waals surface area contributed by atoms with Gasteiger partial charge in [0.05, 0.1) is 66.4 Å². The highest BCUT2D eigenvalue weighted by Crippen LogP contribution is 2.71. The van der Waals surface area contributed by atoms with Crippen LogP contribution in [0.1, 0.15) is 217 Å². The lowest BCUT2D eigenvalue weighted by Crippen LogP contribution is -2.60. The van der Waals surface area contributed by atoms with Gasteiger partial charge in [0, 0.05) is 45.5 Å². The van der Waals surface area contributed by atoms with E-state index < -0.39 is 5.60 Å². The molecule has 20 heteroatoms. The Morgan fingerprint density at radius 3 is 1.20 bits per heavy atom. The molecule has 3 aromatic rings. The number of halogens is 2. The number of carbonyl (C=O) groups excluding carboxylic acids is 4. The second-order valence-corrected chi connectivity index (χ2v) is 34.9. The maximum atomic E-state index is 13.2. The normalized spacial score (nSPS) is 45.3. The van der Waals surface area contributed by atoms with Gasteiger partial charge in [0.2, 0.25) is 0 Å². The lowest BCUT2D eigenvalue weighted by Gasteiger charge is -2.63. The van der Waals surface area contributed by atoms with Gasteiger partial charge in [0.25, 0.3) is 0 Å². The van der Waals surface area contributed by atoms with E-state index in [0.717, 1.165) is 83.5 Å². The second kappa shape index (κ2) is 29.4. The molecule has 2 N–H and O–H groups in total. The van der Waals surface area contributed by atoms with Crippen LogP contribution in [0.15, 0.2) is 37.2 Å². The highest BCUT2D eigenvalue weighted by atomic mass is 35.5. The van der Waals surface area contributed by atoms with E-state index >= 15 is 0 Å². The van der Waals surface area contributed by atoms with E-state index in [2.05, 4.69) is 72.1 Å². The predicted octanol–water partition coefficient (Wildman–Crippen LogP) is 13.8. The fraction of sp³-hybridized carbons (Fsp3) is 0.868. The number of ketones is 4. The zero-order valence-electron chi connectivity index (χ0n) is 58.3. The van der Waals surface area contributed by atoms with Gasteiger partial charge in [0.15, 0.2) is 23.1 Å². The third kappa shape index (κ3) is 13.3. The van der Waals surface area contributed by atoms with E-state index in [1.54, 1.807) is 58.5 Å². The third-order valence-electron chi connectivity index (χ3n) is 30.5.